The summed E-state index contributed by atoms with van der Waals surface area (Å²) in [7, 11) is 3.62. The van der Waals surface area contributed by atoms with Gasteiger partial charge in [0.15, 0.2) is 5.82 Å². The number of aryl methyl sites for hydroxylation is 1. The lowest BCUT2D eigenvalue weighted by Gasteiger charge is -2.27. The van der Waals surface area contributed by atoms with Gasteiger partial charge in [0, 0.05) is 60.3 Å². The fourth-order valence-corrected chi connectivity index (χ4v) is 7.39. The van der Waals surface area contributed by atoms with E-state index in [9.17, 15) is 15.0 Å². The number of carbonyl (C=O) groups excluding carboxylic acids is 1. The largest absolute Gasteiger partial charge is 0.508 e. The third kappa shape index (κ3) is 4.09. The van der Waals surface area contributed by atoms with Gasteiger partial charge in [-0.05, 0) is 79.5 Å². The van der Waals surface area contributed by atoms with E-state index in [0.29, 0.717) is 40.8 Å². The van der Waals surface area contributed by atoms with Gasteiger partial charge in [-0.25, -0.2) is 4.98 Å². The van der Waals surface area contributed by atoms with Crippen molar-refractivity contribution in [3.05, 3.63) is 60.2 Å². The van der Waals surface area contributed by atoms with Crippen molar-refractivity contribution < 1.29 is 19.7 Å². The van der Waals surface area contributed by atoms with E-state index in [2.05, 4.69) is 27.3 Å². The number of methoxy groups -OCH3 is 1. The Morgan fingerprint density at radius 1 is 1.05 bits per heavy atom. The number of amides is 1. The lowest BCUT2D eigenvalue weighted by molar-refractivity contribution is 0.0700. The molecule has 2 bridgehead atoms. The van der Waals surface area contributed by atoms with Gasteiger partial charge >= 0.3 is 0 Å². The van der Waals surface area contributed by atoms with Gasteiger partial charge in [0.2, 0.25) is 0 Å². The Bertz CT molecular complexity index is 1940. The topological polar surface area (TPSA) is 119 Å². The molecule has 0 radical (unpaired) electrons. The number of nitrogens with two attached hydrogens (primary N) is 1. The number of likely N-dealkylation sites (tertiary alicyclic amines) is 1. The molecule has 3 aliphatic rings. The molecule has 3 fully saturated rings. The van der Waals surface area contributed by atoms with Crippen LogP contribution >= 0.6 is 0 Å². The van der Waals surface area contributed by atoms with Crippen LogP contribution in [0.25, 0.3) is 44.6 Å². The standard InChI is InChI=1S/C34H35N5O4/c1-37-32-25(11-22(14-30(32)43-2)34(42)39-17-21-7-10-26(39)31(21)35)36-33(37)28-13-20-6-5-19(24-9-8-23(40)15-29(24)41)12-27(20)38(28)16-18-3-4-18/h5-6,8-9,11-15,18,21,26,31,40-41H,3-4,7,10,16-17,35H2,1-2H3/t21?,26?,31-/m1/s1. The zero-order valence-corrected chi connectivity index (χ0v) is 24.3. The molecular formula is C34H35N5O4. The van der Waals surface area contributed by atoms with Gasteiger partial charge in [0.05, 0.1) is 18.3 Å². The number of benzene rings is 3. The maximum Gasteiger partial charge on any atom is 0.254 e. The van der Waals surface area contributed by atoms with Crippen LogP contribution in [-0.4, -0.2) is 60.9 Å². The quantitative estimate of drug-likeness (QED) is 0.254. The smallest absolute Gasteiger partial charge is 0.254 e. The number of ether oxygens (including phenoxy) is 1. The van der Waals surface area contributed by atoms with E-state index in [1.165, 1.54) is 18.9 Å². The van der Waals surface area contributed by atoms with E-state index in [1.54, 1.807) is 19.2 Å². The molecule has 1 amide bonds. The van der Waals surface area contributed by atoms with Gasteiger partial charge in [0.1, 0.15) is 22.8 Å². The lowest BCUT2D eigenvalue weighted by Crippen LogP contribution is -2.41. The summed E-state index contributed by atoms with van der Waals surface area (Å²) in [6.07, 6.45) is 4.45. The average molecular weight is 578 g/mol. The summed E-state index contributed by atoms with van der Waals surface area (Å²) in [5.74, 6) is 2.46. The van der Waals surface area contributed by atoms with Gasteiger partial charge in [-0.1, -0.05) is 12.1 Å². The summed E-state index contributed by atoms with van der Waals surface area (Å²) >= 11 is 0. The Morgan fingerprint density at radius 3 is 2.58 bits per heavy atom. The first-order valence-electron chi connectivity index (χ1n) is 15.1. The van der Waals surface area contributed by atoms with Crippen LogP contribution in [0, 0.1) is 11.8 Å². The first kappa shape index (κ1) is 26.2. The van der Waals surface area contributed by atoms with Crippen LogP contribution < -0.4 is 10.5 Å². The van der Waals surface area contributed by atoms with Crippen LogP contribution in [0.5, 0.6) is 17.2 Å². The number of hydrogen-bond acceptors (Lipinski definition) is 6. The Hall–Kier alpha value is -4.50. The second kappa shape index (κ2) is 9.50. The summed E-state index contributed by atoms with van der Waals surface area (Å²) in [6, 6.07) is 16.9. The lowest BCUT2D eigenvalue weighted by atomic mass is 10.0. The molecule has 2 saturated carbocycles. The number of aromatic hydroxyl groups is 2. The molecular weight excluding hydrogens is 542 g/mol. The van der Waals surface area contributed by atoms with Crippen molar-refractivity contribution in [1.29, 1.82) is 0 Å². The van der Waals surface area contributed by atoms with Crippen molar-refractivity contribution in [2.75, 3.05) is 13.7 Å². The molecule has 3 atom stereocenters. The highest BCUT2D eigenvalue weighted by atomic mass is 16.5. The molecule has 2 aromatic heterocycles. The Labute approximate surface area is 249 Å². The van der Waals surface area contributed by atoms with Crippen LogP contribution in [0.2, 0.25) is 0 Å². The fourth-order valence-electron chi connectivity index (χ4n) is 7.39. The predicted octanol–water partition coefficient (Wildman–Crippen LogP) is 5.25. The zero-order chi connectivity index (χ0) is 29.6. The van der Waals surface area contributed by atoms with Gasteiger partial charge in [-0.15, -0.1) is 0 Å². The minimum absolute atomic E-state index is 0.0112. The highest BCUT2D eigenvalue weighted by Gasteiger charge is 2.47. The molecule has 220 valence electrons. The highest BCUT2D eigenvalue weighted by molar-refractivity contribution is 6.00. The van der Waals surface area contributed by atoms with Gasteiger partial charge in [-0.3, -0.25) is 4.79 Å². The van der Waals surface area contributed by atoms with E-state index in [0.717, 1.165) is 52.9 Å². The minimum atomic E-state index is -0.0112. The number of hydrogen-bond donors (Lipinski definition) is 3. The third-order valence-corrected chi connectivity index (χ3v) is 9.88. The first-order valence-corrected chi connectivity index (χ1v) is 15.1. The van der Waals surface area contributed by atoms with Crippen molar-refractivity contribution in [1.82, 2.24) is 19.0 Å². The monoisotopic (exact) mass is 577 g/mol. The number of aromatic nitrogens is 3. The number of phenolic OH excluding ortho intramolecular Hbond substituents is 2. The predicted molar refractivity (Wildman–Crippen MR) is 165 cm³/mol. The first-order chi connectivity index (χ1) is 20.8. The number of piperidine rings is 1. The fraction of sp³-hybridized carbons (Fsp3) is 0.353. The molecule has 4 N–H and O–H groups in total. The van der Waals surface area contributed by atoms with E-state index in [4.69, 9.17) is 15.5 Å². The molecule has 8 rings (SSSR count). The van der Waals surface area contributed by atoms with Crippen molar-refractivity contribution in [3.63, 3.8) is 0 Å². The summed E-state index contributed by atoms with van der Waals surface area (Å²) in [5.41, 5.74) is 12.1. The van der Waals surface area contributed by atoms with Gasteiger partial charge in [0.25, 0.3) is 5.91 Å². The summed E-state index contributed by atoms with van der Waals surface area (Å²) in [6.45, 7) is 1.58. The van der Waals surface area contributed by atoms with Crippen LogP contribution in [-0.2, 0) is 13.6 Å². The van der Waals surface area contributed by atoms with E-state index in [1.807, 2.05) is 30.1 Å². The van der Waals surface area contributed by atoms with Crippen LogP contribution in [0.4, 0.5) is 0 Å². The van der Waals surface area contributed by atoms with Gasteiger partial charge in [-0.2, -0.15) is 0 Å². The summed E-state index contributed by atoms with van der Waals surface area (Å²) in [4.78, 5) is 20.7. The van der Waals surface area contributed by atoms with Crippen molar-refractivity contribution in [2.45, 2.75) is 44.3 Å². The van der Waals surface area contributed by atoms with Crippen molar-refractivity contribution in [2.24, 2.45) is 24.6 Å². The summed E-state index contributed by atoms with van der Waals surface area (Å²) in [5, 5.41) is 21.4. The van der Waals surface area contributed by atoms with Gasteiger partial charge < -0.3 is 34.7 Å². The van der Waals surface area contributed by atoms with Crippen molar-refractivity contribution >= 4 is 27.8 Å². The molecule has 3 heterocycles. The number of nitrogens with zero attached hydrogens (tertiary/aromatic N) is 4. The molecule has 1 aliphatic heterocycles. The van der Waals surface area contributed by atoms with Crippen LogP contribution in [0.1, 0.15) is 36.0 Å². The second-order valence-electron chi connectivity index (χ2n) is 12.5. The van der Waals surface area contributed by atoms with E-state index in [-0.39, 0.29) is 29.5 Å². The zero-order valence-electron chi connectivity index (χ0n) is 24.3. The number of phenols is 2. The maximum atomic E-state index is 13.7. The molecule has 0 spiro atoms. The molecule has 9 heteroatoms. The molecule has 9 nitrogen and oxygen atoms in total. The molecule has 43 heavy (non-hydrogen) atoms. The van der Waals surface area contributed by atoms with Crippen molar-refractivity contribution in [3.8, 4) is 39.9 Å². The van der Waals surface area contributed by atoms with E-state index < -0.39 is 0 Å². The molecule has 5 aromatic rings. The third-order valence-electron chi connectivity index (χ3n) is 9.88. The highest BCUT2D eigenvalue weighted by Crippen LogP contribution is 2.41. The molecule has 2 unspecified atom stereocenters. The average Bonchev–Trinajstić information content (AvgIpc) is 3.41. The second-order valence-corrected chi connectivity index (χ2v) is 12.5. The normalized spacial score (nSPS) is 21.4. The van der Waals surface area contributed by atoms with Crippen LogP contribution in [0.15, 0.2) is 54.6 Å². The number of fused-ring (bicyclic) bond motifs is 4. The SMILES string of the molecule is COc1cc(C(=O)N2CC3CCC2[C@@H]3N)cc2nc(-c3cc4ccc(-c5ccc(O)cc5O)cc4n3CC3CC3)n(C)c12. The Kier molecular flexibility index (Phi) is 5.78. The van der Waals surface area contributed by atoms with Crippen LogP contribution in [0.3, 0.4) is 0 Å². The molecule has 1 saturated heterocycles. The number of carbonyl (C=O) groups is 1. The van der Waals surface area contributed by atoms with E-state index >= 15 is 0 Å². The number of imidazole rings is 1. The maximum absolute atomic E-state index is 13.7. The summed E-state index contributed by atoms with van der Waals surface area (Å²) < 4.78 is 10.2. The molecule has 2 aliphatic carbocycles. The molecule has 3 aromatic carbocycles. The minimum Gasteiger partial charge on any atom is -0.508 e. The number of rotatable bonds is 6. The Morgan fingerprint density at radius 2 is 1.88 bits per heavy atom. The Balaban J connectivity index is 1.25.